The fourth-order valence-corrected chi connectivity index (χ4v) is 4.47. The quantitative estimate of drug-likeness (QED) is 0.829. The van der Waals surface area contributed by atoms with Crippen LogP contribution >= 0.6 is 0 Å². The van der Waals surface area contributed by atoms with E-state index in [4.69, 9.17) is 0 Å². The van der Waals surface area contributed by atoms with Gasteiger partial charge in [-0.2, -0.15) is 0 Å². The average molecular weight is 369 g/mol. The minimum Gasteiger partial charge on any atom is -0.304 e. The van der Waals surface area contributed by atoms with Crippen LogP contribution in [0.3, 0.4) is 0 Å². The Kier molecular flexibility index (Phi) is 5.01. The van der Waals surface area contributed by atoms with Crippen LogP contribution in [0.25, 0.3) is 0 Å². The Morgan fingerprint density at radius 3 is 2.46 bits per heavy atom. The molecule has 1 aliphatic heterocycles. The number of nitrogens with zero attached hydrogens (tertiary/aromatic N) is 1. The molecule has 3 rings (SSSR count). The second kappa shape index (κ2) is 7.08. The first-order valence-corrected chi connectivity index (χ1v) is 10.3. The Morgan fingerprint density at radius 1 is 1.08 bits per heavy atom. The van der Waals surface area contributed by atoms with Crippen molar-refractivity contribution in [2.24, 2.45) is 0 Å². The van der Waals surface area contributed by atoms with Crippen LogP contribution in [-0.2, 0) is 21.1 Å². The van der Waals surface area contributed by atoms with E-state index in [1.54, 1.807) is 11.0 Å². The smallest absolute Gasteiger partial charge is 0.231 e. The van der Waals surface area contributed by atoms with E-state index in [1.807, 2.05) is 63.2 Å². The van der Waals surface area contributed by atoms with Gasteiger partial charge in [-0.1, -0.05) is 35.9 Å². The summed E-state index contributed by atoms with van der Waals surface area (Å²) in [5.74, 6) is -0.176. The third-order valence-corrected chi connectivity index (χ3v) is 6.10. The minimum absolute atomic E-state index is 0.0700. The lowest BCUT2D eigenvalue weighted by Gasteiger charge is -2.28. The molecule has 0 saturated carbocycles. The Morgan fingerprint density at radius 2 is 1.85 bits per heavy atom. The molecule has 1 atom stereocenters. The Balaban J connectivity index is 1.95. The predicted molar refractivity (Wildman–Crippen MR) is 105 cm³/mol. The van der Waals surface area contributed by atoms with Crippen LogP contribution in [0.2, 0.25) is 0 Å². The Hall–Kier alpha value is -2.40. The predicted octanol–water partition coefficient (Wildman–Crippen LogP) is 3.50. The molecule has 1 amide bonds. The van der Waals surface area contributed by atoms with E-state index in [1.165, 1.54) is 5.41 Å². The summed E-state index contributed by atoms with van der Waals surface area (Å²) in [7, 11) is -3.25. The summed E-state index contributed by atoms with van der Waals surface area (Å²) in [6, 6.07) is 13.1. The topological polar surface area (TPSA) is 54.5 Å². The van der Waals surface area contributed by atoms with Gasteiger partial charge < -0.3 is 4.90 Å². The van der Waals surface area contributed by atoms with Crippen LogP contribution in [0.5, 0.6) is 0 Å². The summed E-state index contributed by atoms with van der Waals surface area (Å²) in [4.78, 5) is 14.7. The van der Waals surface area contributed by atoms with Gasteiger partial charge in [-0.05, 0) is 55.7 Å². The van der Waals surface area contributed by atoms with Gasteiger partial charge in [0, 0.05) is 11.1 Å². The number of aryl methyl sites for hydroxylation is 3. The summed E-state index contributed by atoms with van der Waals surface area (Å²) in [5, 5.41) is 1.21. The van der Waals surface area contributed by atoms with Crippen LogP contribution in [0.1, 0.15) is 22.3 Å². The molecule has 0 spiro atoms. The lowest BCUT2D eigenvalue weighted by molar-refractivity contribution is -0.118. The normalized spacial score (nSPS) is 18.0. The first-order chi connectivity index (χ1) is 12.2. The van der Waals surface area contributed by atoms with E-state index in [0.717, 1.165) is 27.9 Å². The third kappa shape index (κ3) is 4.05. The van der Waals surface area contributed by atoms with Crippen LogP contribution in [0, 0.1) is 20.8 Å². The van der Waals surface area contributed by atoms with Gasteiger partial charge in [0.25, 0.3) is 0 Å². The van der Waals surface area contributed by atoms with Gasteiger partial charge in [0.1, 0.15) is 0 Å². The summed E-state index contributed by atoms with van der Waals surface area (Å²) in [6.45, 7) is 5.99. The lowest BCUT2D eigenvalue weighted by atomic mass is 10.1. The number of benzene rings is 2. The van der Waals surface area contributed by atoms with Crippen molar-refractivity contribution in [3.05, 3.63) is 76.2 Å². The molecule has 136 valence electrons. The van der Waals surface area contributed by atoms with E-state index in [0.29, 0.717) is 0 Å². The zero-order valence-corrected chi connectivity index (χ0v) is 16.1. The summed E-state index contributed by atoms with van der Waals surface area (Å²) < 4.78 is 23.8. The molecule has 0 saturated heterocycles. The van der Waals surface area contributed by atoms with Crippen molar-refractivity contribution >= 4 is 21.4 Å². The molecule has 1 heterocycles. The van der Waals surface area contributed by atoms with Crippen molar-refractivity contribution < 1.29 is 13.2 Å². The zero-order chi connectivity index (χ0) is 18.9. The number of amides is 1. The van der Waals surface area contributed by atoms with Gasteiger partial charge in [-0.15, -0.1) is 0 Å². The summed E-state index contributed by atoms with van der Waals surface area (Å²) in [5.41, 5.74) is 4.96. The maximum absolute atomic E-state index is 13.1. The number of hydrogen-bond donors (Lipinski definition) is 0. The molecular formula is C21H23NO3S. The maximum Gasteiger partial charge on any atom is 0.231 e. The SMILES string of the molecule is Cc1cccc(CC(=O)N(c2ccc(C)c(C)c2)[C@@H]2C=CS(=O)(=O)C2)c1. The van der Waals surface area contributed by atoms with E-state index in [2.05, 4.69) is 0 Å². The van der Waals surface area contributed by atoms with Crippen molar-refractivity contribution in [2.45, 2.75) is 33.2 Å². The monoisotopic (exact) mass is 369 g/mol. The zero-order valence-electron chi connectivity index (χ0n) is 15.3. The molecule has 0 radical (unpaired) electrons. The fraction of sp³-hybridized carbons (Fsp3) is 0.286. The third-order valence-electron chi connectivity index (χ3n) is 4.72. The molecule has 0 bridgehead atoms. The van der Waals surface area contributed by atoms with Gasteiger partial charge in [0.15, 0.2) is 9.84 Å². The second-order valence-corrected chi connectivity index (χ2v) is 8.85. The van der Waals surface area contributed by atoms with Crippen LogP contribution in [0.4, 0.5) is 5.69 Å². The molecule has 2 aromatic carbocycles. The first kappa shape index (κ1) is 18.4. The molecule has 2 aromatic rings. The second-order valence-electron chi connectivity index (χ2n) is 6.92. The Labute approximate surface area is 155 Å². The number of rotatable bonds is 4. The highest BCUT2D eigenvalue weighted by molar-refractivity contribution is 7.94. The highest BCUT2D eigenvalue weighted by atomic mass is 32.2. The van der Waals surface area contributed by atoms with Crippen molar-refractivity contribution in [3.8, 4) is 0 Å². The molecule has 4 nitrogen and oxygen atoms in total. The summed E-state index contributed by atoms with van der Waals surface area (Å²) >= 11 is 0. The molecule has 26 heavy (non-hydrogen) atoms. The summed E-state index contributed by atoms with van der Waals surface area (Å²) in [6.07, 6.45) is 1.84. The van der Waals surface area contributed by atoms with Crippen LogP contribution in [-0.4, -0.2) is 26.1 Å². The lowest BCUT2D eigenvalue weighted by Crippen LogP contribution is -2.42. The minimum atomic E-state index is -3.25. The van der Waals surface area contributed by atoms with E-state index >= 15 is 0 Å². The van der Waals surface area contributed by atoms with Crippen molar-refractivity contribution in [1.29, 1.82) is 0 Å². The van der Waals surface area contributed by atoms with Gasteiger partial charge in [-0.25, -0.2) is 8.42 Å². The standard InChI is InChI=1S/C21H23NO3S/c1-15-5-4-6-18(11-15)13-21(23)22(20-9-10-26(24,25)14-20)19-8-7-16(2)17(3)12-19/h4-12,20H,13-14H2,1-3H3/t20-/m1/s1. The first-order valence-electron chi connectivity index (χ1n) is 8.61. The van der Waals surface area contributed by atoms with E-state index in [9.17, 15) is 13.2 Å². The molecule has 0 fully saturated rings. The maximum atomic E-state index is 13.1. The number of carbonyl (C=O) groups is 1. The van der Waals surface area contributed by atoms with Crippen LogP contribution < -0.4 is 4.90 Å². The number of carbonyl (C=O) groups excluding carboxylic acids is 1. The molecule has 0 aliphatic carbocycles. The van der Waals surface area contributed by atoms with E-state index in [-0.39, 0.29) is 18.1 Å². The number of sulfone groups is 1. The van der Waals surface area contributed by atoms with Crippen LogP contribution in [0.15, 0.2) is 53.9 Å². The van der Waals surface area contributed by atoms with Gasteiger partial charge in [0.05, 0.1) is 18.2 Å². The van der Waals surface area contributed by atoms with Crippen molar-refractivity contribution in [1.82, 2.24) is 0 Å². The fourth-order valence-electron chi connectivity index (χ4n) is 3.20. The largest absolute Gasteiger partial charge is 0.304 e. The van der Waals surface area contributed by atoms with Gasteiger partial charge >= 0.3 is 0 Å². The van der Waals surface area contributed by atoms with Gasteiger partial charge in [0.2, 0.25) is 5.91 Å². The number of hydrogen-bond acceptors (Lipinski definition) is 3. The highest BCUT2D eigenvalue weighted by Crippen LogP contribution is 2.26. The number of anilines is 1. The highest BCUT2D eigenvalue weighted by Gasteiger charge is 2.31. The van der Waals surface area contributed by atoms with Crippen molar-refractivity contribution in [3.63, 3.8) is 0 Å². The van der Waals surface area contributed by atoms with Crippen molar-refractivity contribution in [2.75, 3.05) is 10.7 Å². The Bertz CT molecular complexity index is 977. The van der Waals surface area contributed by atoms with Gasteiger partial charge in [-0.3, -0.25) is 4.79 Å². The molecule has 5 heteroatoms. The molecule has 0 unspecified atom stereocenters. The molecule has 0 aromatic heterocycles. The average Bonchev–Trinajstić information content (AvgIpc) is 2.90. The molecular weight excluding hydrogens is 346 g/mol. The molecule has 0 N–H and O–H groups in total. The van der Waals surface area contributed by atoms with E-state index < -0.39 is 15.9 Å². The molecule has 1 aliphatic rings.